The summed E-state index contributed by atoms with van der Waals surface area (Å²) in [4.78, 5) is 10.7. The third-order valence-electron chi connectivity index (χ3n) is 3.18. The van der Waals surface area contributed by atoms with Gasteiger partial charge in [0.2, 0.25) is 0 Å². The van der Waals surface area contributed by atoms with Crippen LogP contribution in [0.1, 0.15) is 12.0 Å². The van der Waals surface area contributed by atoms with E-state index in [1.165, 1.54) is 5.48 Å². The fraction of sp³-hybridized carbons (Fsp3) is 0.176. The second-order valence-electron chi connectivity index (χ2n) is 4.78. The van der Waals surface area contributed by atoms with Gasteiger partial charge in [-0.15, -0.1) is 0 Å². The molecule has 6 nitrogen and oxygen atoms in total. The van der Waals surface area contributed by atoms with Crippen molar-refractivity contribution in [1.29, 1.82) is 5.26 Å². The summed E-state index contributed by atoms with van der Waals surface area (Å²) in [5, 5.41) is 19.6. The van der Waals surface area contributed by atoms with E-state index in [1.54, 1.807) is 12.1 Å². The molecule has 2 aromatic carbocycles. The van der Waals surface area contributed by atoms with E-state index in [9.17, 15) is 4.79 Å². The molecule has 0 fully saturated rings. The van der Waals surface area contributed by atoms with Crippen molar-refractivity contribution >= 4 is 6.03 Å². The van der Waals surface area contributed by atoms with Crippen LogP contribution in [0.15, 0.2) is 48.5 Å². The number of amides is 2. The second-order valence-corrected chi connectivity index (χ2v) is 4.78. The van der Waals surface area contributed by atoms with Gasteiger partial charge < -0.3 is 10.1 Å². The first kappa shape index (κ1) is 16.3. The summed E-state index contributed by atoms with van der Waals surface area (Å²) in [6.45, 7) is 0.873. The van der Waals surface area contributed by atoms with Crippen molar-refractivity contribution in [3.63, 3.8) is 0 Å². The Morgan fingerprint density at radius 1 is 1.09 bits per heavy atom. The van der Waals surface area contributed by atoms with Crippen molar-refractivity contribution in [2.45, 2.75) is 6.42 Å². The maximum absolute atomic E-state index is 10.7. The van der Waals surface area contributed by atoms with E-state index < -0.39 is 6.03 Å². The topological polar surface area (TPSA) is 94.4 Å². The monoisotopic (exact) mass is 311 g/mol. The Bertz CT molecular complexity index is 676. The highest BCUT2D eigenvalue weighted by Crippen LogP contribution is 2.22. The van der Waals surface area contributed by atoms with E-state index in [-0.39, 0.29) is 0 Å². The number of hydroxylamine groups is 1. The van der Waals surface area contributed by atoms with E-state index >= 15 is 0 Å². The molecule has 23 heavy (non-hydrogen) atoms. The largest absolute Gasteiger partial charge is 0.494 e. The summed E-state index contributed by atoms with van der Waals surface area (Å²) in [5.41, 5.74) is 4.21. The van der Waals surface area contributed by atoms with Gasteiger partial charge in [0.25, 0.3) is 0 Å². The van der Waals surface area contributed by atoms with Gasteiger partial charge in [0.1, 0.15) is 5.75 Å². The molecule has 0 bridgehead atoms. The van der Waals surface area contributed by atoms with Crippen molar-refractivity contribution in [2.24, 2.45) is 0 Å². The Kier molecular flexibility index (Phi) is 5.98. The van der Waals surface area contributed by atoms with Crippen LogP contribution in [0.25, 0.3) is 11.1 Å². The van der Waals surface area contributed by atoms with Crippen LogP contribution in [0, 0.1) is 11.3 Å². The van der Waals surface area contributed by atoms with Gasteiger partial charge in [0.05, 0.1) is 18.2 Å². The quantitative estimate of drug-likeness (QED) is 0.434. The molecule has 2 amide bonds. The highest BCUT2D eigenvalue weighted by Gasteiger charge is 2.00. The minimum Gasteiger partial charge on any atom is -0.494 e. The Morgan fingerprint density at radius 3 is 2.26 bits per heavy atom. The van der Waals surface area contributed by atoms with Gasteiger partial charge in [-0.25, -0.2) is 10.3 Å². The van der Waals surface area contributed by atoms with E-state index in [2.05, 4.69) is 11.4 Å². The molecule has 2 rings (SSSR count). The third kappa shape index (κ3) is 5.02. The number of benzene rings is 2. The van der Waals surface area contributed by atoms with Gasteiger partial charge in [0.15, 0.2) is 0 Å². The van der Waals surface area contributed by atoms with Crippen molar-refractivity contribution in [1.82, 2.24) is 10.8 Å². The molecule has 3 N–H and O–H groups in total. The summed E-state index contributed by atoms with van der Waals surface area (Å²) in [6, 6.07) is 16.5. The molecule has 0 aliphatic rings. The number of carbonyl (C=O) groups is 1. The maximum Gasteiger partial charge on any atom is 0.338 e. The average Bonchev–Trinajstić information content (AvgIpc) is 2.62. The van der Waals surface area contributed by atoms with Crippen LogP contribution >= 0.6 is 0 Å². The van der Waals surface area contributed by atoms with Gasteiger partial charge in [-0.05, 0) is 41.8 Å². The van der Waals surface area contributed by atoms with Crippen LogP contribution in [0.4, 0.5) is 4.79 Å². The first-order valence-electron chi connectivity index (χ1n) is 7.14. The van der Waals surface area contributed by atoms with Crippen LogP contribution in [0.3, 0.4) is 0 Å². The molecule has 6 heteroatoms. The summed E-state index contributed by atoms with van der Waals surface area (Å²) in [7, 11) is 0. The molecule has 0 spiro atoms. The Balaban J connectivity index is 1.82. The molecule has 0 radical (unpaired) electrons. The summed E-state index contributed by atoms with van der Waals surface area (Å²) >= 11 is 0. The SMILES string of the molecule is N#Cc1ccc(-c2ccc(OCCCNC(=O)NO)cc2)cc1. The smallest absolute Gasteiger partial charge is 0.338 e. The normalized spacial score (nSPS) is 9.74. The number of hydrogen-bond acceptors (Lipinski definition) is 4. The van der Waals surface area contributed by atoms with E-state index in [0.717, 1.165) is 16.9 Å². The lowest BCUT2D eigenvalue weighted by molar-refractivity contribution is 0.161. The van der Waals surface area contributed by atoms with Crippen molar-refractivity contribution in [3.8, 4) is 22.9 Å². The average molecular weight is 311 g/mol. The Labute approximate surface area is 134 Å². The number of hydrogen-bond donors (Lipinski definition) is 3. The fourth-order valence-corrected chi connectivity index (χ4v) is 1.98. The fourth-order valence-electron chi connectivity index (χ4n) is 1.98. The first-order chi connectivity index (χ1) is 11.2. The highest BCUT2D eigenvalue weighted by molar-refractivity contribution is 5.72. The number of nitrogens with one attached hydrogen (secondary N) is 2. The van der Waals surface area contributed by atoms with Crippen LogP contribution in [-0.2, 0) is 0 Å². The van der Waals surface area contributed by atoms with Crippen LogP contribution in [-0.4, -0.2) is 24.4 Å². The van der Waals surface area contributed by atoms with E-state index in [0.29, 0.717) is 25.1 Å². The van der Waals surface area contributed by atoms with Crippen molar-refractivity contribution in [3.05, 3.63) is 54.1 Å². The number of rotatable bonds is 6. The van der Waals surface area contributed by atoms with E-state index in [1.807, 2.05) is 36.4 Å². The predicted octanol–water partition coefficient (Wildman–Crippen LogP) is 2.68. The molecule has 0 aliphatic heterocycles. The summed E-state index contributed by atoms with van der Waals surface area (Å²) < 4.78 is 5.57. The Morgan fingerprint density at radius 2 is 1.70 bits per heavy atom. The minimum absolute atomic E-state index is 0.412. The molecule has 118 valence electrons. The standard InChI is InChI=1S/C17H17N3O3/c18-12-13-2-4-14(5-3-13)15-6-8-16(9-7-15)23-11-1-10-19-17(21)20-22/h2-9,22H,1,10-11H2,(H2,19,20,21). The zero-order chi connectivity index (χ0) is 16.5. The third-order valence-corrected chi connectivity index (χ3v) is 3.18. The van der Waals surface area contributed by atoms with Crippen molar-refractivity contribution < 1.29 is 14.7 Å². The molecule has 0 aromatic heterocycles. The number of ether oxygens (including phenoxy) is 1. The highest BCUT2D eigenvalue weighted by atomic mass is 16.5. The number of nitrogens with zero attached hydrogens (tertiary/aromatic N) is 1. The van der Waals surface area contributed by atoms with Gasteiger partial charge in [-0.3, -0.25) is 5.21 Å². The molecule has 0 unspecified atom stereocenters. The molecule has 0 saturated carbocycles. The maximum atomic E-state index is 10.7. The zero-order valence-corrected chi connectivity index (χ0v) is 12.5. The minimum atomic E-state index is -0.628. The molecule has 2 aromatic rings. The van der Waals surface area contributed by atoms with Gasteiger partial charge in [-0.1, -0.05) is 24.3 Å². The van der Waals surface area contributed by atoms with Crippen LogP contribution < -0.4 is 15.5 Å². The molecule has 0 saturated heterocycles. The molecular formula is C17H17N3O3. The number of carbonyl (C=O) groups excluding carboxylic acids is 1. The van der Waals surface area contributed by atoms with Crippen molar-refractivity contribution in [2.75, 3.05) is 13.2 Å². The van der Waals surface area contributed by atoms with Crippen LogP contribution in [0.5, 0.6) is 5.75 Å². The Hall–Kier alpha value is -3.04. The molecule has 0 aliphatic carbocycles. The van der Waals surface area contributed by atoms with Gasteiger partial charge >= 0.3 is 6.03 Å². The van der Waals surface area contributed by atoms with Gasteiger partial charge in [-0.2, -0.15) is 5.26 Å². The van der Waals surface area contributed by atoms with Crippen LogP contribution in [0.2, 0.25) is 0 Å². The summed E-state index contributed by atoms with van der Waals surface area (Å²) in [6.07, 6.45) is 0.630. The number of nitriles is 1. The second kappa shape index (κ2) is 8.41. The zero-order valence-electron chi connectivity index (χ0n) is 12.5. The number of urea groups is 1. The predicted molar refractivity (Wildman–Crippen MR) is 85.0 cm³/mol. The molecular weight excluding hydrogens is 294 g/mol. The lowest BCUT2D eigenvalue weighted by Gasteiger charge is -2.08. The lowest BCUT2D eigenvalue weighted by atomic mass is 10.0. The summed E-state index contributed by atoms with van der Waals surface area (Å²) in [5.74, 6) is 0.744. The lowest BCUT2D eigenvalue weighted by Crippen LogP contribution is -2.34. The van der Waals surface area contributed by atoms with Gasteiger partial charge in [0, 0.05) is 6.54 Å². The van der Waals surface area contributed by atoms with E-state index in [4.69, 9.17) is 15.2 Å². The first-order valence-corrected chi connectivity index (χ1v) is 7.14. The molecule has 0 heterocycles. The molecule has 0 atom stereocenters.